The first-order valence-electron chi connectivity index (χ1n) is 6.70. The first-order valence-corrected chi connectivity index (χ1v) is 9.28. The van der Waals surface area contributed by atoms with Crippen LogP contribution in [0.4, 0.5) is 0 Å². The predicted octanol–water partition coefficient (Wildman–Crippen LogP) is 3.71. The van der Waals surface area contributed by atoms with Crippen molar-refractivity contribution in [3.63, 3.8) is 0 Å². The summed E-state index contributed by atoms with van der Waals surface area (Å²) in [5, 5.41) is 3.12. The van der Waals surface area contributed by atoms with Gasteiger partial charge in [-0.05, 0) is 8.69 Å². The minimum absolute atomic E-state index is 0.805. The fraction of sp³-hybridized carbons (Fsp3) is 1.00. The van der Waals surface area contributed by atoms with E-state index in [0.29, 0.717) is 0 Å². The Morgan fingerprint density at radius 1 is 0.875 bits per heavy atom. The molecule has 0 aliphatic rings. The zero-order valence-corrected chi connectivity index (χ0v) is 13.4. The minimum Gasteiger partial charge on any atom is -0.804 e. The minimum atomic E-state index is -1.75. The quantitative estimate of drug-likeness (QED) is 0.342. The van der Waals surface area contributed by atoms with Crippen LogP contribution in [0.1, 0.15) is 65.2 Å². The van der Waals surface area contributed by atoms with Crippen LogP contribution >= 0.6 is 8.69 Å². The Bertz CT molecular complexity index is 114. The van der Waals surface area contributed by atoms with Crippen molar-refractivity contribution in [3.8, 4) is 0 Å². The maximum Gasteiger partial charge on any atom is -0.0110 e. The molecule has 1 unspecified atom stereocenters. The van der Waals surface area contributed by atoms with Gasteiger partial charge in [0.15, 0.2) is 0 Å². The van der Waals surface area contributed by atoms with E-state index < -0.39 is 8.69 Å². The van der Waals surface area contributed by atoms with E-state index in [2.05, 4.69) is 13.8 Å². The maximum absolute atomic E-state index is 8.46. The molecule has 0 bridgehead atoms. The van der Waals surface area contributed by atoms with Gasteiger partial charge >= 0.3 is 91.0 Å². The third-order valence-electron chi connectivity index (χ3n) is 2.52. The van der Waals surface area contributed by atoms with E-state index in [1.54, 1.807) is 10.6 Å². The molecule has 0 amide bonds. The van der Waals surface area contributed by atoms with Crippen LogP contribution in [-0.4, -0.2) is 15.2 Å². The molecule has 96 valence electrons. The molecule has 0 radical (unpaired) electrons. The van der Waals surface area contributed by atoms with Gasteiger partial charge in [0.1, 0.15) is 0 Å². The molecule has 0 aromatic rings. The van der Waals surface area contributed by atoms with Crippen molar-refractivity contribution >= 4 is 23.9 Å². The topological polar surface area (TPSA) is 40.1 Å². The van der Waals surface area contributed by atoms with E-state index in [-0.39, 0.29) is 0 Å². The van der Waals surface area contributed by atoms with Gasteiger partial charge in [-0.25, -0.2) is 0 Å². The van der Waals surface area contributed by atoms with E-state index in [4.69, 9.17) is 9.46 Å². The van der Waals surface area contributed by atoms with Gasteiger partial charge < -0.3 is 9.46 Å². The van der Waals surface area contributed by atoms with E-state index in [1.165, 1.54) is 51.4 Å². The molecule has 0 N–H and O–H groups in total. The molecular formula is C12H28AlO2P. The summed E-state index contributed by atoms with van der Waals surface area (Å²) < 4.78 is 8.46. The fourth-order valence-corrected chi connectivity index (χ4v) is 3.02. The summed E-state index contributed by atoms with van der Waals surface area (Å²) in [4.78, 5) is 8.46. The first kappa shape index (κ1) is 19.1. The largest absolute Gasteiger partial charge is 0.804 e. The normalized spacial score (nSPS) is 9.94. The second kappa shape index (κ2) is 21.1. The fourth-order valence-electron chi connectivity index (χ4n) is 1.58. The molecule has 2 nitrogen and oxygen atoms in total. The molecule has 0 saturated heterocycles. The Morgan fingerprint density at radius 3 is 1.56 bits per heavy atom. The van der Waals surface area contributed by atoms with Crippen LogP contribution in [0, 0.1) is 0 Å². The average Bonchev–Trinajstić information content (AvgIpc) is 2.28. The molecule has 0 rings (SSSR count). The summed E-state index contributed by atoms with van der Waals surface area (Å²) >= 11 is 0.805. The van der Waals surface area contributed by atoms with Gasteiger partial charge in [-0.1, -0.05) is 0 Å². The molecule has 16 heavy (non-hydrogen) atoms. The predicted molar refractivity (Wildman–Crippen MR) is 74.0 cm³/mol. The molecule has 0 heterocycles. The molecule has 0 aromatic carbocycles. The summed E-state index contributed by atoms with van der Waals surface area (Å²) in [7, 11) is -1.75. The van der Waals surface area contributed by atoms with Crippen LogP contribution in [0.3, 0.4) is 0 Å². The van der Waals surface area contributed by atoms with Crippen molar-refractivity contribution in [2.24, 2.45) is 0 Å². The zero-order chi connectivity index (χ0) is 12.5. The molecule has 0 aromatic heterocycles. The standard InChI is InChI=1S/2C6H13.Al.H3O2P/c2*1-3-5-6-4-2;;1-3-2/h2*1,3-6H2,2H3;;3H2,(H,1,2)/q;;+1;/p-1. The molecule has 0 saturated carbocycles. The van der Waals surface area contributed by atoms with Gasteiger partial charge in [-0.15, -0.1) is 0 Å². The average molecular weight is 262 g/mol. The van der Waals surface area contributed by atoms with Gasteiger partial charge in [0, 0.05) is 0 Å². The first-order chi connectivity index (χ1) is 7.83. The Kier molecular flexibility index (Phi) is 25.1. The monoisotopic (exact) mass is 262 g/mol. The van der Waals surface area contributed by atoms with E-state index >= 15 is 0 Å². The van der Waals surface area contributed by atoms with Crippen molar-refractivity contribution in [2.75, 3.05) is 0 Å². The zero-order valence-electron chi connectivity index (χ0n) is 11.0. The number of rotatable bonds is 10. The van der Waals surface area contributed by atoms with E-state index in [1.807, 2.05) is 0 Å². The molecule has 1 atom stereocenters. The van der Waals surface area contributed by atoms with Crippen LogP contribution in [0.5, 0.6) is 0 Å². The summed E-state index contributed by atoms with van der Waals surface area (Å²) in [6.07, 6.45) is 11.7. The Hall–Kier alpha value is 0.722. The Labute approximate surface area is 109 Å². The maximum atomic E-state index is 8.46. The van der Waals surface area contributed by atoms with Gasteiger partial charge in [-0.2, -0.15) is 0 Å². The summed E-state index contributed by atoms with van der Waals surface area (Å²) in [5.74, 6) is 0. The second-order valence-electron chi connectivity index (χ2n) is 4.08. The van der Waals surface area contributed by atoms with Crippen molar-refractivity contribution in [1.82, 2.24) is 0 Å². The van der Waals surface area contributed by atoms with Crippen LogP contribution in [0.25, 0.3) is 0 Å². The number of hydrogen-bond acceptors (Lipinski definition) is 2. The van der Waals surface area contributed by atoms with Crippen molar-refractivity contribution in [3.05, 3.63) is 0 Å². The molecule has 0 aliphatic carbocycles. The van der Waals surface area contributed by atoms with Crippen LogP contribution in [0.15, 0.2) is 0 Å². The number of unbranched alkanes of at least 4 members (excludes halogenated alkanes) is 6. The van der Waals surface area contributed by atoms with Gasteiger partial charge in [0.2, 0.25) is 0 Å². The molecule has 0 aliphatic heterocycles. The Morgan fingerprint density at radius 2 is 1.25 bits per heavy atom. The van der Waals surface area contributed by atoms with Gasteiger partial charge in [-0.3, -0.25) is 0 Å². The van der Waals surface area contributed by atoms with Crippen LogP contribution < -0.4 is 4.89 Å². The summed E-state index contributed by atoms with van der Waals surface area (Å²) in [6.45, 7) is 4.58. The molecule has 0 spiro atoms. The van der Waals surface area contributed by atoms with E-state index in [9.17, 15) is 0 Å². The van der Waals surface area contributed by atoms with Gasteiger partial charge in [0.25, 0.3) is 0 Å². The third-order valence-corrected chi connectivity index (χ3v) is 4.16. The third kappa shape index (κ3) is 24.1. The van der Waals surface area contributed by atoms with E-state index in [0.717, 1.165) is 15.2 Å². The summed E-state index contributed by atoms with van der Waals surface area (Å²) in [6, 6.07) is 0. The summed E-state index contributed by atoms with van der Waals surface area (Å²) in [5.41, 5.74) is 0. The van der Waals surface area contributed by atoms with Crippen LogP contribution in [0.2, 0.25) is 10.6 Å². The SMILES string of the molecule is CCCCC[CH2][Al+][CH2]CCCCC.O=[PH2][O-]. The number of hydrogen-bond donors (Lipinski definition) is 0. The van der Waals surface area contributed by atoms with Gasteiger partial charge in [0.05, 0.1) is 0 Å². The smallest absolute Gasteiger partial charge is 0.0110 e. The second-order valence-corrected chi connectivity index (χ2v) is 6.01. The Balaban J connectivity index is 0. The van der Waals surface area contributed by atoms with Crippen molar-refractivity contribution in [2.45, 2.75) is 75.8 Å². The van der Waals surface area contributed by atoms with Crippen molar-refractivity contribution in [1.29, 1.82) is 0 Å². The molecule has 0 fully saturated rings. The van der Waals surface area contributed by atoms with Crippen molar-refractivity contribution < 1.29 is 9.46 Å². The van der Waals surface area contributed by atoms with Crippen LogP contribution in [-0.2, 0) is 4.57 Å². The molecule has 4 heteroatoms. The molecular weight excluding hydrogens is 234 g/mol.